The molecule has 106 valence electrons. The number of carbonyl (C=O) groups excluding carboxylic acids is 1. The van der Waals surface area contributed by atoms with E-state index >= 15 is 0 Å². The summed E-state index contributed by atoms with van der Waals surface area (Å²) in [5.41, 5.74) is 2.20. The SMILES string of the molecule is O=C(C=C1CCN2CCCC1C2)Nc1ccccc1.[CH2]. The summed E-state index contributed by atoms with van der Waals surface area (Å²) >= 11 is 0. The number of benzene rings is 1. The lowest BCUT2D eigenvalue weighted by Gasteiger charge is -2.39. The second-order valence-corrected chi connectivity index (χ2v) is 5.46. The minimum Gasteiger partial charge on any atom is -0.323 e. The van der Waals surface area contributed by atoms with Gasteiger partial charge in [-0.25, -0.2) is 0 Å². The lowest BCUT2D eigenvalue weighted by Crippen LogP contribution is -2.41. The van der Waals surface area contributed by atoms with Crippen LogP contribution in [0.4, 0.5) is 5.69 Å². The van der Waals surface area contributed by atoms with E-state index in [1.165, 1.54) is 25.0 Å². The molecule has 2 aliphatic rings. The summed E-state index contributed by atoms with van der Waals surface area (Å²) in [4.78, 5) is 14.6. The smallest absolute Gasteiger partial charge is 0.248 e. The minimum atomic E-state index is 0. The molecule has 2 bridgehead atoms. The third-order valence-corrected chi connectivity index (χ3v) is 4.10. The van der Waals surface area contributed by atoms with Crippen LogP contribution in [0.5, 0.6) is 0 Å². The van der Waals surface area contributed by atoms with Gasteiger partial charge in [-0.1, -0.05) is 31.2 Å². The number of hydrogen-bond donors (Lipinski definition) is 1. The molecule has 2 aliphatic heterocycles. The van der Waals surface area contributed by atoms with Gasteiger partial charge in [0.05, 0.1) is 0 Å². The third kappa shape index (κ3) is 3.48. The van der Waals surface area contributed by atoms with Gasteiger partial charge < -0.3 is 10.2 Å². The van der Waals surface area contributed by atoms with Crippen molar-refractivity contribution < 1.29 is 4.79 Å². The molecular formula is C17H22N2O. The second-order valence-electron chi connectivity index (χ2n) is 5.46. The summed E-state index contributed by atoms with van der Waals surface area (Å²) in [6, 6.07) is 9.65. The van der Waals surface area contributed by atoms with Crippen molar-refractivity contribution >= 4 is 11.6 Å². The van der Waals surface area contributed by atoms with E-state index in [4.69, 9.17) is 0 Å². The Morgan fingerprint density at radius 2 is 2.05 bits per heavy atom. The summed E-state index contributed by atoms with van der Waals surface area (Å²) in [7, 11) is 0. The van der Waals surface area contributed by atoms with Gasteiger partial charge in [0.1, 0.15) is 0 Å². The van der Waals surface area contributed by atoms with Crippen molar-refractivity contribution in [1.29, 1.82) is 0 Å². The molecule has 2 fully saturated rings. The number of carbonyl (C=O) groups is 1. The topological polar surface area (TPSA) is 32.3 Å². The van der Waals surface area contributed by atoms with Gasteiger partial charge in [0.15, 0.2) is 0 Å². The monoisotopic (exact) mass is 270 g/mol. The molecule has 2 unspecified atom stereocenters. The van der Waals surface area contributed by atoms with Crippen LogP contribution in [0.15, 0.2) is 42.0 Å². The van der Waals surface area contributed by atoms with E-state index in [1.807, 2.05) is 36.4 Å². The number of fused-ring (bicyclic) bond motifs is 2. The zero-order valence-electron chi connectivity index (χ0n) is 11.8. The first-order valence-electron chi connectivity index (χ1n) is 7.10. The van der Waals surface area contributed by atoms with Crippen molar-refractivity contribution in [3.05, 3.63) is 49.4 Å². The first kappa shape index (κ1) is 14.8. The van der Waals surface area contributed by atoms with Crippen LogP contribution in [0.25, 0.3) is 0 Å². The number of nitrogens with one attached hydrogen (secondary N) is 1. The fraction of sp³-hybridized carbons (Fsp3) is 0.412. The van der Waals surface area contributed by atoms with Crippen molar-refractivity contribution in [2.45, 2.75) is 19.3 Å². The van der Waals surface area contributed by atoms with E-state index in [0.717, 1.165) is 25.2 Å². The van der Waals surface area contributed by atoms with Gasteiger partial charge in [0.2, 0.25) is 5.91 Å². The molecule has 0 aromatic heterocycles. The largest absolute Gasteiger partial charge is 0.323 e. The van der Waals surface area contributed by atoms with Crippen LogP contribution in [-0.4, -0.2) is 30.4 Å². The minimum absolute atomic E-state index is 0. The fourth-order valence-corrected chi connectivity index (χ4v) is 3.11. The summed E-state index contributed by atoms with van der Waals surface area (Å²) in [5.74, 6) is 0.615. The highest BCUT2D eigenvalue weighted by Gasteiger charge is 2.27. The van der Waals surface area contributed by atoms with E-state index in [-0.39, 0.29) is 13.3 Å². The van der Waals surface area contributed by atoms with E-state index in [2.05, 4.69) is 10.2 Å². The number of para-hydroxylation sites is 1. The van der Waals surface area contributed by atoms with Crippen molar-refractivity contribution in [1.82, 2.24) is 4.90 Å². The molecule has 3 heteroatoms. The van der Waals surface area contributed by atoms with Crippen LogP contribution < -0.4 is 5.32 Å². The lowest BCUT2D eigenvalue weighted by molar-refractivity contribution is -0.112. The molecule has 20 heavy (non-hydrogen) atoms. The highest BCUT2D eigenvalue weighted by molar-refractivity contribution is 5.99. The predicted octanol–water partition coefficient (Wildman–Crippen LogP) is 2.99. The standard InChI is InChI=1S/C16H20N2O.CH2/c19-16(17-15-6-2-1-3-7-15)11-13-8-10-18-9-4-5-14(13)12-18;/h1-3,6-7,11,14H,4-5,8-10,12H2,(H,17,19);1H2. The Morgan fingerprint density at radius 1 is 1.25 bits per heavy atom. The van der Waals surface area contributed by atoms with Crippen LogP contribution in [-0.2, 0) is 4.79 Å². The molecule has 0 saturated carbocycles. The molecule has 2 heterocycles. The first-order valence-corrected chi connectivity index (χ1v) is 7.10. The van der Waals surface area contributed by atoms with E-state index in [1.54, 1.807) is 0 Å². The maximum Gasteiger partial charge on any atom is 0.248 e. The fourth-order valence-electron chi connectivity index (χ4n) is 3.11. The molecular weight excluding hydrogens is 248 g/mol. The lowest BCUT2D eigenvalue weighted by atomic mass is 9.84. The summed E-state index contributed by atoms with van der Waals surface area (Å²) in [5, 5.41) is 2.93. The number of anilines is 1. The van der Waals surface area contributed by atoms with Gasteiger partial charge in [0, 0.05) is 24.9 Å². The van der Waals surface area contributed by atoms with Gasteiger partial charge in [-0.2, -0.15) is 0 Å². The molecule has 1 aromatic rings. The highest BCUT2D eigenvalue weighted by atomic mass is 16.1. The quantitative estimate of drug-likeness (QED) is 0.838. The number of amides is 1. The molecule has 3 nitrogen and oxygen atoms in total. The van der Waals surface area contributed by atoms with Crippen molar-refractivity contribution in [2.24, 2.45) is 5.92 Å². The molecule has 1 N–H and O–H groups in total. The Morgan fingerprint density at radius 3 is 2.85 bits per heavy atom. The predicted molar refractivity (Wildman–Crippen MR) is 82.3 cm³/mol. The average molecular weight is 270 g/mol. The molecule has 2 atom stereocenters. The Balaban J connectivity index is 0.00000147. The Bertz CT molecular complexity index is 481. The van der Waals surface area contributed by atoms with E-state index in [0.29, 0.717) is 5.92 Å². The molecule has 2 radical (unpaired) electrons. The molecule has 0 spiro atoms. The highest BCUT2D eigenvalue weighted by Crippen LogP contribution is 2.30. The van der Waals surface area contributed by atoms with E-state index in [9.17, 15) is 4.79 Å². The van der Waals surface area contributed by atoms with Gasteiger partial charge >= 0.3 is 0 Å². The van der Waals surface area contributed by atoms with Crippen LogP contribution in [0.3, 0.4) is 0 Å². The number of nitrogens with zero attached hydrogens (tertiary/aromatic N) is 1. The Kier molecular flexibility index (Phi) is 4.96. The van der Waals surface area contributed by atoms with E-state index < -0.39 is 0 Å². The zero-order valence-corrected chi connectivity index (χ0v) is 11.8. The average Bonchev–Trinajstić information content (AvgIpc) is 2.44. The van der Waals surface area contributed by atoms with Crippen molar-refractivity contribution in [3.8, 4) is 0 Å². The summed E-state index contributed by atoms with van der Waals surface area (Å²) in [6.45, 7) is 3.49. The van der Waals surface area contributed by atoms with Gasteiger partial charge in [-0.3, -0.25) is 4.79 Å². The molecule has 3 rings (SSSR count). The molecule has 1 aromatic carbocycles. The third-order valence-electron chi connectivity index (χ3n) is 4.10. The van der Waals surface area contributed by atoms with Gasteiger partial charge in [-0.05, 0) is 43.9 Å². The van der Waals surface area contributed by atoms with Crippen molar-refractivity contribution in [2.75, 3.05) is 25.0 Å². The molecule has 0 aliphatic carbocycles. The molecule has 2 saturated heterocycles. The summed E-state index contributed by atoms with van der Waals surface area (Å²) < 4.78 is 0. The normalized spacial score (nSPS) is 26.7. The first-order chi connectivity index (χ1) is 9.31. The zero-order chi connectivity index (χ0) is 13.1. The maximum absolute atomic E-state index is 12.0. The second kappa shape index (κ2) is 6.71. The van der Waals surface area contributed by atoms with Gasteiger partial charge in [-0.15, -0.1) is 0 Å². The maximum atomic E-state index is 12.0. The number of piperidine rings is 2. The van der Waals surface area contributed by atoms with Crippen LogP contribution in [0.2, 0.25) is 0 Å². The Hall–Kier alpha value is -1.61. The summed E-state index contributed by atoms with van der Waals surface area (Å²) in [6.07, 6.45) is 5.39. The van der Waals surface area contributed by atoms with Crippen LogP contribution in [0, 0.1) is 13.3 Å². The van der Waals surface area contributed by atoms with Crippen LogP contribution >= 0.6 is 0 Å². The van der Waals surface area contributed by atoms with Crippen molar-refractivity contribution in [3.63, 3.8) is 0 Å². The van der Waals surface area contributed by atoms with Gasteiger partial charge in [0.25, 0.3) is 0 Å². The van der Waals surface area contributed by atoms with Crippen LogP contribution in [0.1, 0.15) is 19.3 Å². The number of rotatable bonds is 2. The molecule has 1 amide bonds. The Labute approximate surface area is 121 Å². The number of hydrogen-bond acceptors (Lipinski definition) is 2.